The number of benzene rings is 1. The molecular formula is C20H25N3. The summed E-state index contributed by atoms with van der Waals surface area (Å²) in [6.45, 7) is 2.30. The van der Waals surface area contributed by atoms with Gasteiger partial charge in [0, 0.05) is 30.8 Å². The van der Waals surface area contributed by atoms with E-state index >= 15 is 0 Å². The first-order chi connectivity index (χ1) is 11.2. The molecular weight excluding hydrogens is 282 g/mol. The number of aromatic nitrogens is 2. The first kappa shape index (κ1) is 14.6. The Bertz CT molecular complexity index is 782. The predicted octanol–water partition coefficient (Wildman–Crippen LogP) is 4.54. The lowest BCUT2D eigenvalue weighted by atomic mass is 9.96. The predicted molar refractivity (Wildman–Crippen MR) is 97.1 cm³/mol. The van der Waals surface area contributed by atoms with Crippen molar-refractivity contribution < 1.29 is 0 Å². The third kappa shape index (κ3) is 2.69. The van der Waals surface area contributed by atoms with E-state index in [9.17, 15) is 0 Å². The van der Waals surface area contributed by atoms with Crippen molar-refractivity contribution in [2.75, 3.05) is 11.9 Å². The summed E-state index contributed by atoms with van der Waals surface area (Å²) in [6.07, 6.45) is 13.6. The van der Waals surface area contributed by atoms with E-state index in [2.05, 4.69) is 54.2 Å². The number of hydrogen-bond acceptors (Lipinski definition) is 2. The van der Waals surface area contributed by atoms with Crippen molar-refractivity contribution in [1.82, 2.24) is 9.97 Å². The van der Waals surface area contributed by atoms with Crippen LogP contribution in [0, 0.1) is 0 Å². The Morgan fingerprint density at radius 2 is 2.17 bits per heavy atom. The summed E-state index contributed by atoms with van der Waals surface area (Å²) in [6, 6.07) is 5.07. The van der Waals surface area contributed by atoms with Gasteiger partial charge in [0.2, 0.25) is 0 Å². The number of hydrogen-bond donors (Lipinski definition) is 1. The summed E-state index contributed by atoms with van der Waals surface area (Å²) in [7, 11) is 2.20. The largest absolute Gasteiger partial charge is 0.372 e. The van der Waals surface area contributed by atoms with Gasteiger partial charge < -0.3 is 9.88 Å². The van der Waals surface area contributed by atoms with E-state index in [0.717, 1.165) is 25.1 Å². The standard InChI is InChI=1S/C20H25N3/c1-14-8-10-16-18(23(14)2)12-11-17-20(16)22-19(21-17)13-9-15-6-4-3-5-7-15/h3-4,6,11-12,14H,5,7-10,13H2,1-2H3,(H,21,22). The van der Waals surface area contributed by atoms with Gasteiger partial charge in [0.1, 0.15) is 5.82 Å². The summed E-state index contributed by atoms with van der Waals surface area (Å²) in [4.78, 5) is 10.9. The molecule has 0 saturated heterocycles. The summed E-state index contributed by atoms with van der Waals surface area (Å²) >= 11 is 0. The minimum absolute atomic E-state index is 0.615. The molecule has 2 aliphatic rings. The van der Waals surface area contributed by atoms with Gasteiger partial charge in [-0.3, -0.25) is 0 Å². The van der Waals surface area contributed by atoms with Gasteiger partial charge in [-0.15, -0.1) is 0 Å². The summed E-state index contributed by atoms with van der Waals surface area (Å²) in [5.41, 5.74) is 6.70. The zero-order chi connectivity index (χ0) is 15.8. The highest BCUT2D eigenvalue weighted by Gasteiger charge is 2.23. The second kappa shape index (κ2) is 5.88. The van der Waals surface area contributed by atoms with E-state index in [1.54, 1.807) is 5.57 Å². The van der Waals surface area contributed by atoms with Crippen molar-refractivity contribution in [3.8, 4) is 0 Å². The third-order valence-corrected chi connectivity index (χ3v) is 5.42. The molecule has 3 nitrogen and oxygen atoms in total. The summed E-state index contributed by atoms with van der Waals surface area (Å²) in [5.74, 6) is 1.13. The van der Waals surface area contributed by atoms with Crippen LogP contribution in [0.15, 0.2) is 35.9 Å². The van der Waals surface area contributed by atoms with Gasteiger partial charge in [-0.1, -0.05) is 23.8 Å². The van der Waals surface area contributed by atoms with Gasteiger partial charge in [0.05, 0.1) is 11.0 Å². The average Bonchev–Trinajstić information content (AvgIpc) is 3.00. The minimum atomic E-state index is 0.615. The van der Waals surface area contributed by atoms with Crippen molar-refractivity contribution in [1.29, 1.82) is 0 Å². The molecule has 0 amide bonds. The number of fused-ring (bicyclic) bond motifs is 3. The van der Waals surface area contributed by atoms with Gasteiger partial charge in [0.25, 0.3) is 0 Å². The molecule has 120 valence electrons. The van der Waals surface area contributed by atoms with E-state index < -0.39 is 0 Å². The molecule has 1 unspecified atom stereocenters. The number of nitrogens with zero attached hydrogens (tertiary/aromatic N) is 2. The lowest BCUT2D eigenvalue weighted by Crippen LogP contribution is -2.33. The molecule has 3 heteroatoms. The van der Waals surface area contributed by atoms with Crippen molar-refractivity contribution >= 4 is 16.7 Å². The number of H-pyrrole nitrogens is 1. The molecule has 1 aliphatic carbocycles. The lowest BCUT2D eigenvalue weighted by Gasteiger charge is -2.33. The van der Waals surface area contributed by atoms with E-state index in [4.69, 9.17) is 4.98 Å². The maximum atomic E-state index is 4.94. The number of aromatic amines is 1. The second-order valence-corrected chi connectivity index (χ2v) is 6.93. The van der Waals surface area contributed by atoms with Gasteiger partial charge in [0.15, 0.2) is 0 Å². The summed E-state index contributed by atoms with van der Waals surface area (Å²) in [5, 5.41) is 0. The van der Waals surface area contributed by atoms with Gasteiger partial charge >= 0.3 is 0 Å². The molecule has 0 bridgehead atoms. The molecule has 0 spiro atoms. The molecule has 0 fully saturated rings. The lowest BCUT2D eigenvalue weighted by molar-refractivity contribution is 0.600. The van der Waals surface area contributed by atoms with Gasteiger partial charge in [-0.25, -0.2) is 4.98 Å². The quantitative estimate of drug-likeness (QED) is 0.902. The number of aryl methyl sites for hydroxylation is 2. The van der Waals surface area contributed by atoms with E-state index in [0.29, 0.717) is 6.04 Å². The Hall–Kier alpha value is -2.03. The van der Waals surface area contributed by atoms with Gasteiger partial charge in [-0.05, 0) is 51.2 Å². The monoisotopic (exact) mass is 307 g/mol. The number of allylic oxidation sites excluding steroid dienone is 4. The smallest absolute Gasteiger partial charge is 0.107 e. The van der Waals surface area contributed by atoms with Crippen LogP contribution >= 0.6 is 0 Å². The van der Waals surface area contributed by atoms with Crippen LogP contribution in [0.1, 0.15) is 44.0 Å². The van der Waals surface area contributed by atoms with Crippen LogP contribution in [0.5, 0.6) is 0 Å². The van der Waals surface area contributed by atoms with Crippen molar-refractivity contribution in [2.45, 2.75) is 51.5 Å². The number of imidazole rings is 1. The summed E-state index contributed by atoms with van der Waals surface area (Å²) < 4.78 is 0. The van der Waals surface area contributed by atoms with Crippen LogP contribution in [0.2, 0.25) is 0 Å². The highest BCUT2D eigenvalue weighted by molar-refractivity contribution is 5.85. The molecule has 1 atom stereocenters. The van der Waals surface area contributed by atoms with Crippen LogP contribution in [-0.2, 0) is 12.8 Å². The zero-order valence-electron chi connectivity index (χ0n) is 14.1. The van der Waals surface area contributed by atoms with Crippen LogP contribution in [0.3, 0.4) is 0 Å². The molecule has 4 rings (SSSR count). The first-order valence-corrected chi connectivity index (χ1v) is 8.80. The molecule has 2 heterocycles. The first-order valence-electron chi connectivity index (χ1n) is 8.80. The Morgan fingerprint density at radius 3 is 3.00 bits per heavy atom. The Kier molecular flexibility index (Phi) is 3.72. The highest BCUT2D eigenvalue weighted by Crippen LogP contribution is 2.34. The normalized spacial score (nSPS) is 20.7. The SMILES string of the molecule is CC1CCc2c(ccc3[nH]c(CCC4=CC=CCC4)nc23)N1C. The van der Waals surface area contributed by atoms with E-state index in [-0.39, 0.29) is 0 Å². The Balaban J connectivity index is 1.61. The molecule has 23 heavy (non-hydrogen) atoms. The fourth-order valence-corrected chi connectivity index (χ4v) is 3.79. The molecule has 2 aromatic rings. The Morgan fingerprint density at radius 1 is 1.26 bits per heavy atom. The van der Waals surface area contributed by atoms with Crippen LogP contribution in [0.25, 0.3) is 11.0 Å². The molecule has 1 aromatic carbocycles. The van der Waals surface area contributed by atoms with E-state index in [1.165, 1.54) is 41.5 Å². The topological polar surface area (TPSA) is 31.9 Å². The van der Waals surface area contributed by atoms with Crippen LogP contribution in [0.4, 0.5) is 5.69 Å². The maximum Gasteiger partial charge on any atom is 0.107 e. The molecule has 1 N–H and O–H groups in total. The molecule has 0 radical (unpaired) electrons. The number of rotatable bonds is 3. The minimum Gasteiger partial charge on any atom is -0.372 e. The molecule has 1 aromatic heterocycles. The average molecular weight is 307 g/mol. The second-order valence-electron chi connectivity index (χ2n) is 6.93. The fraction of sp³-hybridized carbons (Fsp3) is 0.450. The van der Waals surface area contributed by atoms with E-state index in [1.807, 2.05) is 0 Å². The molecule has 1 aliphatic heterocycles. The number of nitrogens with one attached hydrogen (secondary N) is 1. The van der Waals surface area contributed by atoms with Crippen LogP contribution in [-0.4, -0.2) is 23.1 Å². The third-order valence-electron chi connectivity index (χ3n) is 5.42. The Labute approximate surface area is 138 Å². The van der Waals surface area contributed by atoms with Gasteiger partial charge in [-0.2, -0.15) is 0 Å². The van der Waals surface area contributed by atoms with Crippen molar-refractivity contribution in [3.05, 3.63) is 47.3 Å². The maximum absolute atomic E-state index is 4.94. The van der Waals surface area contributed by atoms with Crippen molar-refractivity contribution in [3.63, 3.8) is 0 Å². The molecule has 0 saturated carbocycles. The highest BCUT2D eigenvalue weighted by atomic mass is 15.1. The zero-order valence-corrected chi connectivity index (χ0v) is 14.1. The number of anilines is 1. The van der Waals surface area contributed by atoms with Crippen molar-refractivity contribution in [2.24, 2.45) is 0 Å². The fourth-order valence-electron chi connectivity index (χ4n) is 3.79. The van der Waals surface area contributed by atoms with Crippen LogP contribution < -0.4 is 4.90 Å².